The van der Waals surface area contributed by atoms with Crippen molar-refractivity contribution < 1.29 is 0 Å². The lowest BCUT2D eigenvalue weighted by atomic mass is 10.1. The molecular formula is C14H17ClN4. The van der Waals surface area contributed by atoms with Crippen molar-refractivity contribution in [3.63, 3.8) is 0 Å². The molecule has 0 aliphatic rings. The Morgan fingerprint density at radius 2 is 1.95 bits per heavy atom. The van der Waals surface area contributed by atoms with Crippen molar-refractivity contribution in [2.45, 2.75) is 0 Å². The summed E-state index contributed by atoms with van der Waals surface area (Å²) in [5.74, 6) is 0. The molecule has 0 saturated carbocycles. The largest absolute Gasteiger partial charge is 0.323 e. The summed E-state index contributed by atoms with van der Waals surface area (Å²) in [5, 5.41) is 7.07. The molecule has 0 unspecified atom stereocenters. The van der Waals surface area contributed by atoms with Crippen LogP contribution in [0.4, 0.5) is 5.69 Å². The Kier molecular flexibility index (Phi) is 6.57. The molecule has 5 heteroatoms. The number of nitrogens with one attached hydrogen (secondary N) is 2. The highest BCUT2D eigenvalue weighted by Crippen LogP contribution is 2.27. The number of halogens is 1. The third-order valence-corrected chi connectivity index (χ3v) is 2.34. The third kappa shape index (κ3) is 4.69. The maximum absolute atomic E-state index is 5.94. The number of hydrogen-bond donors (Lipinski definition) is 2. The van der Waals surface area contributed by atoms with Crippen molar-refractivity contribution in [3.8, 4) is 11.3 Å². The van der Waals surface area contributed by atoms with Crippen LogP contribution in [0.2, 0.25) is 5.02 Å². The standard InChI is InChI=1S/C12H10ClN3.C2H7N/c1-14-16-11-6-3-7-15-12(11)9-4-2-5-10(13)8-9;1-3-2/h2-8,16H,1H2;3H,1-2H3. The molecule has 1 aromatic heterocycles. The molecule has 2 N–H and O–H groups in total. The maximum Gasteiger partial charge on any atom is 0.0952 e. The van der Waals surface area contributed by atoms with E-state index in [1.807, 2.05) is 50.5 Å². The SMILES string of the molecule is C=NNc1cccnc1-c1cccc(Cl)c1.CNC. The second-order valence-corrected chi connectivity index (χ2v) is 4.12. The van der Waals surface area contributed by atoms with Gasteiger partial charge in [-0.05, 0) is 38.4 Å². The predicted molar refractivity (Wildman–Crippen MR) is 82.8 cm³/mol. The van der Waals surface area contributed by atoms with E-state index in [1.54, 1.807) is 6.20 Å². The molecule has 0 spiro atoms. The van der Waals surface area contributed by atoms with Gasteiger partial charge in [0.15, 0.2) is 0 Å². The predicted octanol–water partition coefficient (Wildman–Crippen LogP) is 3.27. The summed E-state index contributed by atoms with van der Waals surface area (Å²) in [6.45, 7) is 3.39. The molecule has 1 heterocycles. The number of nitrogens with zero attached hydrogens (tertiary/aromatic N) is 2. The Bertz CT molecular complexity index is 528. The minimum atomic E-state index is 0.681. The van der Waals surface area contributed by atoms with E-state index in [1.165, 1.54) is 0 Å². The van der Waals surface area contributed by atoms with Gasteiger partial charge < -0.3 is 5.32 Å². The number of aromatic nitrogens is 1. The van der Waals surface area contributed by atoms with Gasteiger partial charge in [-0.15, -0.1) is 0 Å². The number of rotatable bonds is 3. The van der Waals surface area contributed by atoms with Gasteiger partial charge in [0, 0.05) is 23.5 Å². The van der Waals surface area contributed by atoms with Crippen LogP contribution in [-0.2, 0) is 0 Å². The molecule has 0 saturated heterocycles. The lowest BCUT2D eigenvalue weighted by Crippen LogP contribution is -1.93. The molecule has 0 fully saturated rings. The highest BCUT2D eigenvalue weighted by molar-refractivity contribution is 6.30. The highest BCUT2D eigenvalue weighted by Gasteiger charge is 2.05. The first-order valence-corrected chi connectivity index (χ1v) is 6.12. The van der Waals surface area contributed by atoms with Gasteiger partial charge in [0.25, 0.3) is 0 Å². The summed E-state index contributed by atoms with van der Waals surface area (Å²) in [6.07, 6.45) is 1.73. The van der Waals surface area contributed by atoms with Crippen LogP contribution in [0.5, 0.6) is 0 Å². The van der Waals surface area contributed by atoms with Gasteiger partial charge in [-0.3, -0.25) is 10.4 Å². The fourth-order valence-corrected chi connectivity index (χ4v) is 1.64. The van der Waals surface area contributed by atoms with Crippen LogP contribution in [0.3, 0.4) is 0 Å². The summed E-state index contributed by atoms with van der Waals surface area (Å²) < 4.78 is 0. The molecule has 19 heavy (non-hydrogen) atoms. The Balaban J connectivity index is 0.000000550. The Morgan fingerprint density at radius 1 is 1.21 bits per heavy atom. The molecular weight excluding hydrogens is 260 g/mol. The quantitative estimate of drug-likeness (QED) is 0.668. The summed E-state index contributed by atoms with van der Waals surface area (Å²) in [6, 6.07) is 11.2. The molecule has 2 rings (SSSR count). The number of anilines is 1. The first kappa shape index (κ1) is 15.1. The molecule has 4 nitrogen and oxygen atoms in total. The molecule has 0 amide bonds. The Labute approximate surface area is 118 Å². The smallest absolute Gasteiger partial charge is 0.0952 e. The number of hydrogen-bond acceptors (Lipinski definition) is 4. The first-order chi connectivity index (χ1) is 9.22. The second kappa shape index (κ2) is 8.24. The minimum Gasteiger partial charge on any atom is -0.323 e. The van der Waals surface area contributed by atoms with Gasteiger partial charge in [-0.1, -0.05) is 23.7 Å². The zero-order valence-corrected chi connectivity index (χ0v) is 11.8. The van der Waals surface area contributed by atoms with Gasteiger partial charge in [0.2, 0.25) is 0 Å². The first-order valence-electron chi connectivity index (χ1n) is 5.74. The van der Waals surface area contributed by atoms with Crippen molar-refractivity contribution >= 4 is 24.0 Å². The maximum atomic E-state index is 5.94. The minimum absolute atomic E-state index is 0.681. The molecule has 2 aromatic rings. The Morgan fingerprint density at radius 3 is 2.58 bits per heavy atom. The molecule has 0 aliphatic heterocycles. The zero-order valence-electron chi connectivity index (χ0n) is 11.0. The van der Waals surface area contributed by atoms with Gasteiger partial charge in [0.05, 0.1) is 11.4 Å². The van der Waals surface area contributed by atoms with E-state index < -0.39 is 0 Å². The van der Waals surface area contributed by atoms with Crippen molar-refractivity contribution in [2.24, 2.45) is 5.10 Å². The third-order valence-electron chi connectivity index (χ3n) is 2.11. The highest BCUT2D eigenvalue weighted by atomic mass is 35.5. The van der Waals surface area contributed by atoms with Crippen LogP contribution in [0, 0.1) is 0 Å². The van der Waals surface area contributed by atoms with E-state index in [0.29, 0.717) is 5.02 Å². The summed E-state index contributed by atoms with van der Waals surface area (Å²) in [7, 11) is 3.75. The van der Waals surface area contributed by atoms with Crippen LogP contribution in [-0.4, -0.2) is 25.8 Å². The molecule has 0 atom stereocenters. The second-order valence-electron chi connectivity index (χ2n) is 3.68. The van der Waals surface area contributed by atoms with E-state index in [9.17, 15) is 0 Å². The van der Waals surface area contributed by atoms with Crippen LogP contribution in [0.25, 0.3) is 11.3 Å². The fourth-order valence-electron chi connectivity index (χ4n) is 1.45. The normalized spacial score (nSPS) is 9.21. The molecule has 0 aliphatic carbocycles. The molecule has 0 bridgehead atoms. The van der Waals surface area contributed by atoms with E-state index in [4.69, 9.17) is 11.6 Å². The van der Waals surface area contributed by atoms with E-state index >= 15 is 0 Å². The van der Waals surface area contributed by atoms with Crippen LogP contribution >= 0.6 is 11.6 Å². The van der Waals surface area contributed by atoms with Crippen molar-refractivity contribution in [1.29, 1.82) is 0 Å². The van der Waals surface area contributed by atoms with E-state index in [2.05, 4.69) is 27.5 Å². The van der Waals surface area contributed by atoms with Crippen molar-refractivity contribution in [2.75, 3.05) is 19.5 Å². The fraction of sp³-hybridized carbons (Fsp3) is 0.143. The van der Waals surface area contributed by atoms with Gasteiger partial charge >= 0.3 is 0 Å². The van der Waals surface area contributed by atoms with Gasteiger partial charge in [-0.2, -0.15) is 5.10 Å². The van der Waals surface area contributed by atoms with E-state index in [-0.39, 0.29) is 0 Å². The summed E-state index contributed by atoms with van der Waals surface area (Å²) >= 11 is 5.94. The van der Waals surface area contributed by atoms with Gasteiger partial charge in [-0.25, -0.2) is 0 Å². The molecule has 100 valence electrons. The topological polar surface area (TPSA) is 49.3 Å². The zero-order chi connectivity index (χ0) is 14.1. The molecule has 0 radical (unpaired) electrons. The van der Waals surface area contributed by atoms with Crippen molar-refractivity contribution in [1.82, 2.24) is 10.3 Å². The van der Waals surface area contributed by atoms with Crippen molar-refractivity contribution in [3.05, 3.63) is 47.6 Å². The monoisotopic (exact) mass is 276 g/mol. The van der Waals surface area contributed by atoms with Crippen LogP contribution in [0.15, 0.2) is 47.7 Å². The van der Waals surface area contributed by atoms with E-state index in [0.717, 1.165) is 16.9 Å². The van der Waals surface area contributed by atoms with Gasteiger partial charge in [0.1, 0.15) is 0 Å². The average Bonchev–Trinajstić information content (AvgIpc) is 2.41. The number of hydrazone groups is 1. The molecule has 1 aromatic carbocycles. The lowest BCUT2D eigenvalue weighted by Gasteiger charge is -2.07. The summed E-state index contributed by atoms with van der Waals surface area (Å²) in [5.41, 5.74) is 5.35. The Hall–Kier alpha value is -1.91. The van der Waals surface area contributed by atoms with Crippen LogP contribution < -0.4 is 10.7 Å². The van der Waals surface area contributed by atoms with Crippen LogP contribution in [0.1, 0.15) is 0 Å². The number of pyridine rings is 1. The lowest BCUT2D eigenvalue weighted by molar-refractivity contribution is 1.02. The summed E-state index contributed by atoms with van der Waals surface area (Å²) in [4.78, 5) is 4.30. The average molecular weight is 277 g/mol. The number of benzene rings is 1.